The van der Waals surface area contributed by atoms with Gasteiger partial charge in [-0.2, -0.15) is 13.2 Å². The summed E-state index contributed by atoms with van der Waals surface area (Å²) >= 11 is 3.50. The molecule has 1 amide bonds. The third-order valence-electron chi connectivity index (χ3n) is 5.71. The van der Waals surface area contributed by atoms with Crippen molar-refractivity contribution < 1.29 is 42.4 Å². The number of alkyl halides is 3. The highest BCUT2D eigenvalue weighted by atomic mass is 79.9. The van der Waals surface area contributed by atoms with Crippen molar-refractivity contribution in [3.05, 3.63) is 52.0 Å². The highest BCUT2D eigenvalue weighted by Crippen LogP contribution is 2.37. The second kappa shape index (κ2) is 13.8. The summed E-state index contributed by atoms with van der Waals surface area (Å²) in [6, 6.07) is 8.27. The van der Waals surface area contributed by atoms with E-state index in [0.717, 1.165) is 70.1 Å². The summed E-state index contributed by atoms with van der Waals surface area (Å²) < 4.78 is 56.1. The lowest BCUT2D eigenvalue weighted by atomic mass is 10.2. The lowest BCUT2D eigenvalue weighted by Crippen LogP contribution is -3.14. The molecular weight excluding hydrogens is 543 g/mol. The van der Waals surface area contributed by atoms with Gasteiger partial charge in [0, 0.05) is 17.7 Å². The van der Waals surface area contributed by atoms with Crippen LogP contribution in [0.3, 0.4) is 0 Å². The highest BCUT2D eigenvalue weighted by Gasteiger charge is 2.30. The molecule has 0 aromatic heterocycles. The molecule has 0 unspecified atom stereocenters. The smallest absolute Gasteiger partial charge is 0.416 e. The first-order chi connectivity index (χ1) is 17.3. The van der Waals surface area contributed by atoms with Crippen LogP contribution in [0.4, 0.5) is 18.9 Å². The van der Waals surface area contributed by atoms with Gasteiger partial charge >= 0.3 is 6.18 Å². The molecule has 1 fully saturated rings. The number of quaternary nitrogens is 2. The molecule has 3 rings (SSSR count). The number of carbonyl (C=O) groups excluding carboxylic acids is 1. The van der Waals surface area contributed by atoms with Crippen LogP contribution in [-0.2, 0) is 22.3 Å². The Balaban J connectivity index is 1.52. The average molecular weight is 576 g/mol. The quantitative estimate of drug-likeness (QED) is 0.339. The number of morpholine rings is 1. The monoisotopic (exact) mass is 575 g/mol. The summed E-state index contributed by atoms with van der Waals surface area (Å²) in [7, 11) is 0. The van der Waals surface area contributed by atoms with Crippen LogP contribution >= 0.6 is 15.9 Å². The summed E-state index contributed by atoms with van der Waals surface area (Å²) in [5, 5.41) is 4.69. The van der Waals surface area contributed by atoms with Crippen LogP contribution in [-0.4, -0.2) is 58.5 Å². The van der Waals surface area contributed by atoms with E-state index in [2.05, 4.69) is 26.6 Å². The van der Waals surface area contributed by atoms with Gasteiger partial charge in [-0.3, -0.25) is 4.79 Å². The maximum Gasteiger partial charge on any atom is 0.416 e. The molecule has 1 aliphatic rings. The van der Waals surface area contributed by atoms with Crippen LogP contribution in [0.2, 0.25) is 0 Å². The number of anilines is 1. The zero-order chi connectivity index (χ0) is 26.0. The fourth-order valence-corrected chi connectivity index (χ4v) is 4.53. The maximum atomic E-state index is 12.9. The van der Waals surface area contributed by atoms with E-state index in [-0.39, 0.29) is 12.3 Å². The Labute approximate surface area is 217 Å². The van der Waals surface area contributed by atoms with Gasteiger partial charge in [0.1, 0.15) is 19.6 Å². The summed E-state index contributed by atoms with van der Waals surface area (Å²) in [5.74, 6) is 0.291. The first kappa shape index (κ1) is 28.2. The molecule has 0 saturated carbocycles. The molecule has 2 aromatic carbocycles. The van der Waals surface area contributed by atoms with Crippen molar-refractivity contribution in [1.82, 2.24) is 0 Å². The van der Waals surface area contributed by atoms with E-state index >= 15 is 0 Å². The number of hydrogen-bond donors (Lipinski definition) is 3. The molecule has 36 heavy (non-hydrogen) atoms. The number of nitrogens with two attached hydrogens (primary N) is 1. The average Bonchev–Trinajstić information content (AvgIpc) is 2.84. The minimum atomic E-state index is -4.49. The van der Waals surface area contributed by atoms with Gasteiger partial charge in [-0.1, -0.05) is 6.07 Å². The van der Waals surface area contributed by atoms with Crippen LogP contribution in [0, 0.1) is 0 Å². The van der Waals surface area contributed by atoms with E-state index in [1.807, 2.05) is 19.1 Å². The molecular formula is C25H33BrF3N3O4+2. The van der Waals surface area contributed by atoms with Crippen molar-refractivity contribution in [2.24, 2.45) is 0 Å². The van der Waals surface area contributed by atoms with Gasteiger partial charge in [-0.05, 0) is 53.2 Å². The van der Waals surface area contributed by atoms with Crippen LogP contribution in [0.15, 0.2) is 40.9 Å². The number of halogens is 4. The number of carbonyl (C=O) groups is 1. The second-order valence-electron chi connectivity index (χ2n) is 8.50. The van der Waals surface area contributed by atoms with Gasteiger partial charge in [-0.25, -0.2) is 0 Å². The van der Waals surface area contributed by atoms with E-state index in [1.165, 1.54) is 12.1 Å². The van der Waals surface area contributed by atoms with Gasteiger partial charge < -0.3 is 29.7 Å². The summed E-state index contributed by atoms with van der Waals surface area (Å²) in [5.41, 5.74) is 0.255. The Hall–Kier alpha value is -2.34. The molecule has 0 radical (unpaired) electrons. The largest absolute Gasteiger partial charge is 0.490 e. The van der Waals surface area contributed by atoms with Crippen LogP contribution in [0.1, 0.15) is 24.5 Å². The van der Waals surface area contributed by atoms with Gasteiger partial charge in [0.25, 0.3) is 5.91 Å². The summed E-state index contributed by atoms with van der Waals surface area (Å²) in [6.07, 6.45) is -3.37. The minimum absolute atomic E-state index is 0.0450. The molecule has 0 spiro atoms. The molecule has 0 atom stereocenters. The summed E-state index contributed by atoms with van der Waals surface area (Å²) in [4.78, 5) is 13.9. The van der Waals surface area contributed by atoms with Crippen LogP contribution in [0.5, 0.6) is 11.5 Å². The Morgan fingerprint density at radius 1 is 1.19 bits per heavy atom. The number of rotatable bonds is 12. The predicted molar refractivity (Wildman–Crippen MR) is 132 cm³/mol. The van der Waals surface area contributed by atoms with Crippen molar-refractivity contribution in [3.63, 3.8) is 0 Å². The molecule has 1 aliphatic heterocycles. The van der Waals surface area contributed by atoms with Gasteiger partial charge in [-0.15, -0.1) is 0 Å². The maximum absolute atomic E-state index is 12.9. The Morgan fingerprint density at radius 3 is 2.69 bits per heavy atom. The fraction of sp³-hybridized carbons (Fsp3) is 0.480. The minimum Gasteiger partial charge on any atom is -0.490 e. The molecule has 1 saturated heterocycles. The van der Waals surface area contributed by atoms with E-state index in [0.29, 0.717) is 22.6 Å². The molecule has 0 aliphatic carbocycles. The molecule has 1 heterocycles. The standard InChI is InChI=1S/C25H31BrF3N3O4/c1-2-35-22-14-18(16-30-7-4-8-32-9-11-34-12-10-32)13-21(26)24(22)36-17-23(33)31-20-6-3-5-19(15-20)25(27,28)29/h3,5-6,13-15,30H,2,4,7-12,16-17H2,1H3,(H,31,33)/p+2. The van der Waals surface area contributed by atoms with Crippen molar-refractivity contribution in [3.8, 4) is 11.5 Å². The Morgan fingerprint density at radius 2 is 1.97 bits per heavy atom. The highest BCUT2D eigenvalue weighted by molar-refractivity contribution is 9.10. The lowest BCUT2D eigenvalue weighted by molar-refractivity contribution is -0.909. The number of amides is 1. The number of ether oxygens (including phenoxy) is 3. The normalized spacial score (nSPS) is 14.5. The van der Waals surface area contributed by atoms with E-state index in [9.17, 15) is 18.0 Å². The fourth-order valence-electron chi connectivity index (χ4n) is 3.93. The zero-order valence-corrected chi connectivity index (χ0v) is 21.8. The van der Waals surface area contributed by atoms with Crippen molar-refractivity contribution >= 4 is 27.5 Å². The lowest BCUT2D eigenvalue weighted by Gasteiger charge is -2.23. The number of hydrogen-bond acceptors (Lipinski definition) is 4. The topological polar surface area (TPSA) is 77.8 Å². The van der Waals surface area contributed by atoms with Crippen molar-refractivity contribution in [1.29, 1.82) is 0 Å². The van der Waals surface area contributed by atoms with Gasteiger partial charge in [0.2, 0.25) is 0 Å². The predicted octanol–water partition coefficient (Wildman–Crippen LogP) is 2.25. The Kier molecular flexibility index (Phi) is 10.8. The Bertz CT molecular complexity index is 1000. The number of benzene rings is 2. The first-order valence-corrected chi connectivity index (χ1v) is 12.8. The SMILES string of the molecule is CCOc1cc(C[NH2+]CCC[NH+]2CCOCC2)cc(Br)c1OCC(=O)Nc1cccc(C(F)(F)F)c1. The number of nitrogens with one attached hydrogen (secondary N) is 2. The van der Waals surface area contributed by atoms with Crippen LogP contribution in [0.25, 0.3) is 0 Å². The molecule has 2 aromatic rings. The third-order valence-corrected chi connectivity index (χ3v) is 6.30. The van der Waals surface area contributed by atoms with Gasteiger partial charge in [0.05, 0.1) is 42.9 Å². The van der Waals surface area contributed by atoms with E-state index < -0.39 is 17.6 Å². The van der Waals surface area contributed by atoms with Crippen LogP contribution < -0.4 is 25.0 Å². The molecule has 198 valence electrons. The van der Waals surface area contributed by atoms with Crippen molar-refractivity contribution in [2.75, 3.05) is 57.9 Å². The van der Waals surface area contributed by atoms with E-state index in [4.69, 9.17) is 14.2 Å². The third kappa shape index (κ3) is 8.95. The summed E-state index contributed by atoms with van der Waals surface area (Å²) in [6.45, 7) is 8.64. The molecule has 4 N–H and O–H groups in total. The van der Waals surface area contributed by atoms with E-state index in [1.54, 1.807) is 4.90 Å². The molecule has 11 heteroatoms. The zero-order valence-electron chi connectivity index (χ0n) is 20.3. The van der Waals surface area contributed by atoms with Crippen molar-refractivity contribution in [2.45, 2.75) is 26.1 Å². The van der Waals surface area contributed by atoms with Gasteiger partial charge in [0.15, 0.2) is 18.1 Å². The molecule has 0 bridgehead atoms. The second-order valence-corrected chi connectivity index (χ2v) is 9.36. The first-order valence-electron chi connectivity index (χ1n) is 12.0. The molecule has 7 nitrogen and oxygen atoms in total.